The van der Waals surface area contributed by atoms with Gasteiger partial charge in [-0.15, -0.1) is 11.8 Å². The fraction of sp³-hybridized carbons (Fsp3) is 0.667. The van der Waals surface area contributed by atoms with Crippen LogP contribution < -0.4 is 56.5 Å². The Labute approximate surface area is 89.5 Å². The Morgan fingerprint density at radius 2 is 2.29 bits per heavy atom. The van der Waals surface area contributed by atoms with Gasteiger partial charge in [0.1, 0.15) is 0 Å². The molecule has 2 nitrogen and oxygen atoms in total. The minimum Gasteiger partial charge on any atom is -0.538 e. The van der Waals surface area contributed by atoms with Crippen LogP contribution in [0.2, 0.25) is 0 Å². The van der Waals surface area contributed by atoms with E-state index in [0.717, 1.165) is 11.8 Å². The topological polar surface area (TPSA) is 40.1 Å². The fourth-order valence-corrected chi connectivity index (χ4v) is 0.354. The molecule has 0 atom stereocenters. The number of carboxylic acid groups (broad SMARTS) is 1. The van der Waals surface area contributed by atoms with Crippen LogP contribution in [-0.4, -0.2) is 11.1 Å². The molecule has 0 saturated carbocycles. The smallest absolute Gasteiger partial charge is 0.538 e. The van der Waals surface area contributed by atoms with E-state index in [1.54, 1.807) is 6.92 Å². The van der Waals surface area contributed by atoms with Crippen LogP contribution in [0.15, 0.2) is 0 Å². The molecule has 0 N–H and O–H groups in total. The molecule has 0 aliphatic carbocycles. The minimum atomic E-state index is -1.04. The molecule has 0 rings (SSSR count). The molecule has 4 heteroatoms. The molecule has 0 unspecified atom stereocenters. The van der Waals surface area contributed by atoms with Crippen molar-refractivity contribution in [1.29, 1.82) is 0 Å². The van der Waals surface area contributed by atoms with E-state index in [1.165, 1.54) is 0 Å². The van der Waals surface area contributed by atoms with Crippen molar-refractivity contribution in [2.24, 2.45) is 0 Å². The minimum absolute atomic E-state index is 0. The summed E-state index contributed by atoms with van der Waals surface area (Å²) in [6.45, 7) is 1.76. The molecule has 0 radical (unpaired) electrons. The second-order valence-electron chi connectivity index (χ2n) is 0.683. The Hall–Kier alpha value is 1.46. The molecule has 0 spiro atoms. The van der Waals surface area contributed by atoms with Gasteiger partial charge >= 0.3 is 51.4 Å². The van der Waals surface area contributed by atoms with Crippen LogP contribution >= 0.6 is 11.8 Å². The van der Waals surface area contributed by atoms with Crippen molar-refractivity contribution in [3.63, 3.8) is 0 Å². The predicted octanol–water partition coefficient (Wildman–Crippen LogP) is -2.91. The van der Waals surface area contributed by atoms with Gasteiger partial charge < -0.3 is 9.90 Å². The van der Waals surface area contributed by atoms with Crippen LogP contribution in [0.3, 0.4) is 0 Å². The zero-order valence-electron chi connectivity index (χ0n) is 4.43. The molecule has 0 aromatic carbocycles. The summed E-state index contributed by atoms with van der Waals surface area (Å²) >= 11 is 0.792. The first-order chi connectivity index (χ1) is 2.77. The molecular weight excluding hydrogens is 139 g/mol. The SMILES string of the molecule is CCSC(=O)[O-].[K+]. The van der Waals surface area contributed by atoms with Gasteiger partial charge in [0, 0.05) is 0 Å². The molecule has 36 valence electrons. The summed E-state index contributed by atoms with van der Waals surface area (Å²) in [6, 6.07) is 0. The number of carbonyl (C=O) groups excluding carboxylic acids is 1. The standard InChI is InChI=1S/C3H6O2S.K/c1-2-6-3(4)5;/h2H2,1H3,(H,4,5);/q;+1/p-1. The summed E-state index contributed by atoms with van der Waals surface area (Å²) in [5.74, 6) is 0.586. The Kier molecular flexibility index (Phi) is 12.0. The van der Waals surface area contributed by atoms with Gasteiger partial charge in [-0.3, -0.25) is 0 Å². The van der Waals surface area contributed by atoms with E-state index in [0.29, 0.717) is 5.75 Å². The number of hydrogen-bond acceptors (Lipinski definition) is 3. The maximum atomic E-state index is 9.45. The van der Waals surface area contributed by atoms with Gasteiger partial charge in [-0.05, 0) is 5.75 Å². The monoisotopic (exact) mass is 144 g/mol. The normalized spacial score (nSPS) is 7.00. The van der Waals surface area contributed by atoms with E-state index in [4.69, 9.17) is 0 Å². The van der Waals surface area contributed by atoms with E-state index in [-0.39, 0.29) is 51.4 Å². The maximum Gasteiger partial charge on any atom is 1.00 e. The Morgan fingerprint density at radius 3 is 2.29 bits per heavy atom. The molecule has 0 bridgehead atoms. The number of rotatable bonds is 1. The third kappa shape index (κ3) is 11.2. The van der Waals surface area contributed by atoms with Gasteiger partial charge in [0.25, 0.3) is 0 Å². The average molecular weight is 144 g/mol. The molecule has 7 heavy (non-hydrogen) atoms. The Morgan fingerprint density at radius 1 is 1.86 bits per heavy atom. The maximum absolute atomic E-state index is 9.45. The largest absolute Gasteiger partial charge is 1.00 e. The summed E-state index contributed by atoms with van der Waals surface area (Å²) in [4.78, 5) is 9.45. The van der Waals surface area contributed by atoms with Crippen LogP contribution in [0.25, 0.3) is 0 Å². The zero-order valence-corrected chi connectivity index (χ0v) is 8.37. The summed E-state index contributed by atoms with van der Waals surface area (Å²) in [7, 11) is 0. The van der Waals surface area contributed by atoms with Crippen molar-refractivity contribution in [3.05, 3.63) is 0 Å². The average Bonchev–Trinajstić information content (AvgIpc) is 1.35. The third-order valence-corrected chi connectivity index (χ3v) is 0.787. The number of thioether (sulfide) groups is 1. The Balaban J connectivity index is 0. The summed E-state index contributed by atoms with van der Waals surface area (Å²) in [5, 5.41) is 8.41. The first-order valence-electron chi connectivity index (χ1n) is 1.61. The summed E-state index contributed by atoms with van der Waals surface area (Å²) < 4.78 is 0. The van der Waals surface area contributed by atoms with Crippen molar-refractivity contribution in [3.8, 4) is 0 Å². The van der Waals surface area contributed by atoms with Crippen LogP contribution in [0.5, 0.6) is 0 Å². The van der Waals surface area contributed by atoms with E-state index >= 15 is 0 Å². The van der Waals surface area contributed by atoms with Crippen molar-refractivity contribution in [2.75, 3.05) is 5.75 Å². The molecule has 0 aliphatic heterocycles. The molecule has 0 amide bonds. The summed E-state index contributed by atoms with van der Waals surface area (Å²) in [6.07, 6.45) is 0. The van der Waals surface area contributed by atoms with Crippen molar-refractivity contribution in [1.82, 2.24) is 0 Å². The fourth-order valence-electron chi connectivity index (χ4n) is 0.118. The van der Waals surface area contributed by atoms with E-state index in [1.807, 2.05) is 0 Å². The molecule has 0 aromatic rings. The quantitative estimate of drug-likeness (QED) is 0.370. The van der Waals surface area contributed by atoms with Gasteiger partial charge in [-0.1, -0.05) is 6.92 Å². The first-order valence-corrected chi connectivity index (χ1v) is 2.59. The van der Waals surface area contributed by atoms with Crippen LogP contribution in [0, 0.1) is 0 Å². The number of carbonyl (C=O) groups is 1. The summed E-state index contributed by atoms with van der Waals surface area (Å²) in [5.41, 5.74) is 0. The molecular formula is C3H5KO2S. The van der Waals surface area contributed by atoms with Crippen LogP contribution in [0.1, 0.15) is 6.92 Å². The van der Waals surface area contributed by atoms with Gasteiger partial charge in [0.05, 0.1) is 5.30 Å². The van der Waals surface area contributed by atoms with Gasteiger partial charge in [0.2, 0.25) is 0 Å². The van der Waals surface area contributed by atoms with E-state index in [9.17, 15) is 9.90 Å². The zero-order chi connectivity index (χ0) is 4.99. The predicted molar refractivity (Wildman–Crippen MR) is 23.5 cm³/mol. The van der Waals surface area contributed by atoms with E-state index in [2.05, 4.69) is 0 Å². The van der Waals surface area contributed by atoms with Crippen molar-refractivity contribution in [2.45, 2.75) is 6.92 Å². The number of hydrogen-bond donors (Lipinski definition) is 0. The van der Waals surface area contributed by atoms with E-state index < -0.39 is 5.30 Å². The molecule has 0 aromatic heterocycles. The van der Waals surface area contributed by atoms with Crippen LogP contribution in [-0.2, 0) is 0 Å². The van der Waals surface area contributed by atoms with Gasteiger partial charge in [-0.2, -0.15) is 0 Å². The van der Waals surface area contributed by atoms with Crippen molar-refractivity contribution >= 4 is 17.1 Å². The van der Waals surface area contributed by atoms with Gasteiger partial charge in [0.15, 0.2) is 0 Å². The Bertz CT molecular complexity index is 56.9. The molecule has 0 heterocycles. The molecule has 0 saturated heterocycles. The van der Waals surface area contributed by atoms with Crippen molar-refractivity contribution < 1.29 is 61.3 Å². The second kappa shape index (κ2) is 7.46. The first kappa shape index (κ1) is 11.3. The molecule has 0 aliphatic rings. The third-order valence-electron chi connectivity index (χ3n) is 0.262. The van der Waals surface area contributed by atoms with Gasteiger partial charge in [-0.25, -0.2) is 0 Å². The second-order valence-corrected chi connectivity index (χ2v) is 1.88. The van der Waals surface area contributed by atoms with Crippen LogP contribution in [0.4, 0.5) is 4.79 Å². The molecule has 0 fully saturated rings.